The number of benzene rings is 1. The fourth-order valence-corrected chi connectivity index (χ4v) is 3.30. The number of amides is 1. The summed E-state index contributed by atoms with van der Waals surface area (Å²) in [6, 6.07) is 3.86. The summed E-state index contributed by atoms with van der Waals surface area (Å²) in [4.78, 5) is 16.5. The molecular weight excluding hydrogens is 400 g/mol. The van der Waals surface area contributed by atoms with Crippen LogP contribution in [0.2, 0.25) is 0 Å². The van der Waals surface area contributed by atoms with Gasteiger partial charge < -0.3 is 5.32 Å². The van der Waals surface area contributed by atoms with Gasteiger partial charge in [-0.15, -0.1) is 5.10 Å². The summed E-state index contributed by atoms with van der Waals surface area (Å²) < 4.78 is 1.60. The Bertz CT molecular complexity index is 666. The first kappa shape index (κ1) is 16.2. The Labute approximate surface area is 140 Å². The van der Waals surface area contributed by atoms with Gasteiger partial charge in [0, 0.05) is 14.4 Å². The molecule has 0 aliphatic carbocycles. The molecule has 0 saturated heterocycles. The maximum atomic E-state index is 12.2. The van der Waals surface area contributed by atoms with E-state index in [1.165, 1.54) is 0 Å². The first-order chi connectivity index (χ1) is 9.68. The molecule has 2 aromatic rings. The Hall–Kier alpha value is -1.21. The highest BCUT2D eigenvalue weighted by Crippen LogP contribution is 2.32. The summed E-state index contributed by atoms with van der Waals surface area (Å²) >= 11 is 6.89. The number of halogens is 2. The molecule has 0 fully saturated rings. The average Bonchev–Trinajstić information content (AvgIpc) is 2.82. The van der Waals surface area contributed by atoms with Crippen molar-refractivity contribution in [3.05, 3.63) is 38.3 Å². The van der Waals surface area contributed by atoms with E-state index in [-0.39, 0.29) is 17.1 Å². The molecule has 0 aliphatic rings. The predicted molar refractivity (Wildman–Crippen MR) is 89.6 cm³/mol. The van der Waals surface area contributed by atoms with E-state index in [1.54, 1.807) is 0 Å². The summed E-state index contributed by atoms with van der Waals surface area (Å²) in [5.41, 5.74) is 1.56. The molecule has 0 atom stereocenters. The molecule has 0 radical (unpaired) electrons. The van der Waals surface area contributed by atoms with Crippen LogP contribution in [-0.2, 0) is 5.41 Å². The minimum Gasteiger partial charge on any atom is -0.317 e. The highest BCUT2D eigenvalue weighted by molar-refractivity contribution is 9.11. The first-order valence-electron chi connectivity index (χ1n) is 6.38. The van der Waals surface area contributed by atoms with Crippen molar-refractivity contribution in [2.75, 3.05) is 5.32 Å². The Morgan fingerprint density at radius 3 is 2.29 bits per heavy atom. The Morgan fingerprint density at radius 1 is 1.24 bits per heavy atom. The third-order valence-corrected chi connectivity index (χ3v) is 4.07. The van der Waals surface area contributed by atoms with Crippen LogP contribution in [0.15, 0.2) is 21.1 Å². The molecule has 2 rings (SSSR count). The van der Waals surface area contributed by atoms with Crippen molar-refractivity contribution >= 4 is 43.5 Å². The molecule has 0 aliphatic heterocycles. The zero-order chi connectivity index (χ0) is 15.8. The highest BCUT2D eigenvalue weighted by atomic mass is 79.9. The molecule has 5 nitrogen and oxygen atoms in total. The zero-order valence-corrected chi connectivity index (χ0v) is 15.4. The standard InChI is InChI=1S/C14H16Br2N4O/c1-7-5-8(15)10(9(16)6-7)17-12(21)11-18-13(20-19-11)14(2,3)4/h5-6H,1-4H3,(H,17,21)(H,18,19,20). The summed E-state index contributed by atoms with van der Waals surface area (Å²) in [6.07, 6.45) is 0. The molecule has 1 aromatic heterocycles. The van der Waals surface area contributed by atoms with Crippen LogP contribution in [0.25, 0.3) is 0 Å². The van der Waals surface area contributed by atoms with E-state index in [0.717, 1.165) is 14.5 Å². The molecule has 1 aromatic carbocycles. The lowest BCUT2D eigenvalue weighted by atomic mass is 9.96. The minimum absolute atomic E-state index is 0.124. The maximum Gasteiger partial charge on any atom is 0.295 e. The van der Waals surface area contributed by atoms with E-state index >= 15 is 0 Å². The van der Waals surface area contributed by atoms with E-state index in [2.05, 4.69) is 52.4 Å². The van der Waals surface area contributed by atoms with Gasteiger partial charge in [-0.3, -0.25) is 9.89 Å². The third-order valence-electron chi connectivity index (χ3n) is 2.82. The first-order valence-corrected chi connectivity index (χ1v) is 7.97. The van der Waals surface area contributed by atoms with Crippen LogP contribution >= 0.6 is 31.9 Å². The third kappa shape index (κ3) is 3.71. The molecule has 0 bridgehead atoms. The summed E-state index contributed by atoms with van der Waals surface area (Å²) in [5.74, 6) is 0.445. The van der Waals surface area contributed by atoms with Crippen LogP contribution in [0.5, 0.6) is 0 Å². The second-order valence-electron chi connectivity index (χ2n) is 5.82. The normalized spacial score (nSPS) is 11.5. The number of hydrogen-bond donors (Lipinski definition) is 2. The van der Waals surface area contributed by atoms with Crippen molar-refractivity contribution in [2.24, 2.45) is 0 Å². The van der Waals surface area contributed by atoms with Crippen molar-refractivity contribution in [1.29, 1.82) is 0 Å². The van der Waals surface area contributed by atoms with Crippen LogP contribution in [0.4, 0.5) is 5.69 Å². The number of anilines is 1. The molecule has 1 amide bonds. The van der Waals surface area contributed by atoms with Gasteiger partial charge in [0.2, 0.25) is 5.82 Å². The number of hydrogen-bond acceptors (Lipinski definition) is 3. The van der Waals surface area contributed by atoms with E-state index in [1.807, 2.05) is 39.8 Å². The number of aromatic amines is 1. The molecule has 112 valence electrons. The van der Waals surface area contributed by atoms with Crippen LogP contribution in [0, 0.1) is 6.92 Å². The largest absolute Gasteiger partial charge is 0.317 e. The van der Waals surface area contributed by atoms with Gasteiger partial charge in [-0.25, -0.2) is 4.98 Å². The van der Waals surface area contributed by atoms with Gasteiger partial charge in [-0.2, -0.15) is 0 Å². The van der Waals surface area contributed by atoms with Crippen LogP contribution in [0.3, 0.4) is 0 Å². The van der Waals surface area contributed by atoms with E-state index in [9.17, 15) is 4.79 Å². The molecule has 21 heavy (non-hydrogen) atoms. The predicted octanol–water partition coefficient (Wildman–Crippen LogP) is 4.19. The fraction of sp³-hybridized carbons (Fsp3) is 0.357. The number of aromatic nitrogens is 3. The van der Waals surface area contributed by atoms with Gasteiger partial charge in [0.15, 0.2) is 0 Å². The van der Waals surface area contributed by atoms with Crippen LogP contribution < -0.4 is 5.32 Å². The lowest BCUT2D eigenvalue weighted by Gasteiger charge is -2.13. The highest BCUT2D eigenvalue weighted by Gasteiger charge is 2.22. The average molecular weight is 416 g/mol. The lowest BCUT2D eigenvalue weighted by Crippen LogP contribution is -2.16. The summed E-state index contributed by atoms with van der Waals surface area (Å²) in [5, 5.41) is 9.59. The van der Waals surface area contributed by atoms with Gasteiger partial charge in [-0.1, -0.05) is 20.8 Å². The molecular formula is C14H16Br2N4O. The second-order valence-corrected chi connectivity index (χ2v) is 7.52. The fourth-order valence-electron chi connectivity index (χ4n) is 1.69. The molecule has 7 heteroatoms. The topological polar surface area (TPSA) is 70.7 Å². The Kier molecular flexibility index (Phi) is 4.53. The number of rotatable bonds is 2. The monoisotopic (exact) mass is 414 g/mol. The summed E-state index contributed by atoms with van der Waals surface area (Å²) in [6.45, 7) is 7.99. The molecule has 0 saturated carbocycles. The van der Waals surface area contributed by atoms with Gasteiger partial charge in [0.05, 0.1) is 5.69 Å². The molecule has 0 spiro atoms. The molecule has 0 unspecified atom stereocenters. The Morgan fingerprint density at radius 2 is 1.81 bits per heavy atom. The van der Waals surface area contributed by atoms with Gasteiger partial charge in [0.25, 0.3) is 5.91 Å². The number of carbonyl (C=O) groups is 1. The van der Waals surface area contributed by atoms with Gasteiger partial charge in [0.1, 0.15) is 5.82 Å². The zero-order valence-electron chi connectivity index (χ0n) is 12.2. The van der Waals surface area contributed by atoms with Gasteiger partial charge in [-0.05, 0) is 56.5 Å². The van der Waals surface area contributed by atoms with E-state index in [0.29, 0.717) is 11.5 Å². The molecule has 1 heterocycles. The van der Waals surface area contributed by atoms with Crippen LogP contribution in [-0.4, -0.2) is 21.1 Å². The van der Waals surface area contributed by atoms with Crippen molar-refractivity contribution in [3.8, 4) is 0 Å². The minimum atomic E-state index is -0.355. The second kappa shape index (κ2) is 5.88. The van der Waals surface area contributed by atoms with E-state index in [4.69, 9.17) is 0 Å². The van der Waals surface area contributed by atoms with Crippen molar-refractivity contribution in [1.82, 2.24) is 15.2 Å². The van der Waals surface area contributed by atoms with Crippen molar-refractivity contribution in [3.63, 3.8) is 0 Å². The SMILES string of the molecule is Cc1cc(Br)c(NC(=O)c2n[nH]c(C(C)(C)C)n2)c(Br)c1. The quantitative estimate of drug-likeness (QED) is 0.772. The molecule has 2 N–H and O–H groups in total. The number of nitrogens with one attached hydrogen (secondary N) is 2. The number of aryl methyl sites for hydroxylation is 1. The number of nitrogens with zero attached hydrogens (tertiary/aromatic N) is 2. The smallest absolute Gasteiger partial charge is 0.295 e. The van der Waals surface area contributed by atoms with Crippen LogP contribution in [0.1, 0.15) is 42.8 Å². The van der Waals surface area contributed by atoms with E-state index < -0.39 is 0 Å². The number of carbonyl (C=O) groups excluding carboxylic acids is 1. The van der Waals surface area contributed by atoms with Crippen molar-refractivity contribution < 1.29 is 4.79 Å². The maximum absolute atomic E-state index is 12.2. The van der Waals surface area contributed by atoms with Gasteiger partial charge >= 0.3 is 0 Å². The van der Waals surface area contributed by atoms with Crippen molar-refractivity contribution in [2.45, 2.75) is 33.1 Å². The summed E-state index contributed by atoms with van der Waals surface area (Å²) in [7, 11) is 0. The number of H-pyrrole nitrogens is 1. The lowest BCUT2D eigenvalue weighted by molar-refractivity contribution is 0.101. The Balaban J connectivity index is 2.25.